The zero-order valence-electron chi connectivity index (χ0n) is 6.17. The van der Waals surface area contributed by atoms with Crippen LogP contribution in [0.25, 0.3) is 10.2 Å². The summed E-state index contributed by atoms with van der Waals surface area (Å²) in [6.07, 6.45) is 1.78. The quantitative estimate of drug-likeness (QED) is 0.728. The molecule has 0 spiro atoms. The van der Waals surface area contributed by atoms with Gasteiger partial charge in [-0.1, -0.05) is 43.5 Å². The van der Waals surface area contributed by atoms with Gasteiger partial charge in [-0.2, -0.15) is 0 Å². The Balaban J connectivity index is 2.61. The van der Waals surface area contributed by atoms with Crippen LogP contribution in [0.2, 0.25) is 4.47 Å². The number of rotatable bonds is 1. The van der Waals surface area contributed by atoms with Gasteiger partial charge in [-0.15, -0.1) is 11.3 Å². The van der Waals surface area contributed by atoms with Crippen LogP contribution in [0.3, 0.4) is 0 Å². The molecular formula is C7H3Br2ClN2S. The summed E-state index contributed by atoms with van der Waals surface area (Å²) in [5.41, 5.74) is 1.79. The van der Waals surface area contributed by atoms with Crippen LogP contribution in [0.5, 0.6) is 0 Å². The highest BCUT2D eigenvalue weighted by atomic mass is 79.9. The lowest BCUT2D eigenvalue weighted by molar-refractivity contribution is 1.20. The van der Waals surface area contributed by atoms with E-state index in [2.05, 4.69) is 41.8 Å². The van der Waals surface area contributed by atoms with Gasteiger partial charge in [0.15, 0.2) is 4.47 Å². The molecule has 0 aliphatic heterocycles. The summed E-state index contributed by atoms with van der Waals surface area (Å²) in [6.45, 7) is 0. The predicted octanol–water partition coefficient (Wildman–Crippen LogP) is 4.13. The number of aromatic nitrogens is 2. The number of fused-ring (bicyclic) bond motifs is 1. The van der Waals surface area contributed by atoms with Crippen LogP contribution in [-0.2, 0) is 0 Å². The Morgan fingerprint density at radius 1 is 1.46 bits per heavy atom. The zero-order chi connectivity index (χ0) is 9.42. The first-order valence-electron chi connectivity index (χ1n) is 3.37. The van der Waals surface area contributed by atoms with Gasteiger partial charge >= 0.3 is 0 Å². The predicted molar refractivity (Wildman–Crippen MR) is 63.0 cm³/mol. The van der Waals surface area contributed by atoms with Gasteiger partial charge in [-0.25, -0.2) is 4.98 Å². The van der Waals surface area contributed by atoms with Crippen LogP contribution in [0.1, 0.15) is 9.43 Å². The first-order chi connectivity index (χ1) is 6.16. The fraction of sp³-hybridized carbons (Fsp3) is 0.143. The summed E-state index contributed by atoms with van der Waals surface area (Å²) in [6, 6.07) is 1.91. The second-order valence-electron chi connectivity index (χ2n) is 2.34. The Kier molecular flexibility index (Phi) is 2.88. The summed E-state index contributed by atoms with van der Waals surface area (Å²) >= 11 is 13.9. The van der Waals surface area contributed by atoms with E-state index < -0.39 is 0 Å². The molecule has 0 fully saturated rings. The van der Waals surface area contributed by atoms with Gasteiger partial charge in [0, 0.05) is 6.20 Å². The maximum absolute atomic E-state index is 5.77. The van der Waals surface area contributed by atoms with Gasteiger partial charge < -0.3 is 0 Å². The fourth-order valence-electron chi connectivity index (χ4n) is 0.941. The molecule has 0 unspecified atom stereocenters. The number of nitrogens with zero attached hydrogens (tertiary/aromatic N) is 2. The first kappa shape index (κ1) is 9.83. The van der Waals surface area contributed by atoms with E-state index in [1.54, 1.807) is 6.20 Å². The molecule has 0 N–H and O–H groups in total. The largest absolute Gasteiger partial charge is 0.258 e. The van der Waals surface area contributed by atoms with Gasteiger partial charge in [-0.05, 0) is 6.07 Å². The highest BCUT2D eigenvalue weighted by molar-refractivity contribution is 9.24. The van der Waals surface area contributed by atoms with Gasteiger partial charge in [-0.3, -0.25) is 4.98 Å². The Morgan fingerprint density at radius 3 is 2.92 bits per heavy atom. The Morgan fingerprint density at radius 2 is 2.23 bits per heavy atom. The van der Waals surface area contributed by atoms with Crippen molar-refractivity contribution < 1.29 is 0 Å². The van der Waals surface area contributed by atoms with Crippen molar-refractivity contribution in [2.75, 3.05) is 0 Å². The Labute approximate surface area is 101 Å². The van der Waals surface area contributed by atoms with Crippen molar-refractivity contribution in [2.24, 2.45) is 0 Å². The van der Waals surface area contributed by atoms with Crippen LogP contribution < -0.4 is 0 Å². The van der Waals surface area contributed by atoms with Crippen molar-refractivity contribution in [1.82, 2.24) is 9.97 Å². The normalized spacial score (nSPS) is 11.4. The van der Waals surface area contributed by atoms with E-state index in [-0.39, 0.29) is 3.74 Å². The third-order valence-electron chi connectivity index (χ3n) is 1.49. The summed E-state index contributed by atoms with van der Waals surface area (Å²) in [4.78, 5) is 8.40. The van der Waals surface area contributed by atoms with E-state index in [1.807, 2.05) is 6.07 Å². The molecule has 2 rings (SSSR count). The molecule has 0 bridgehead atoms. The molecule has 2 heterocycles. The van der Waals surface area contributed by atoms with E-state index >= 15 is 0 Å². The topological polar surface area (TPSA) is 25.8 Å². The highest BCUT2D eigenvalue weighted by Gasteiger charge is 2.07. The van der Waals surface area contributed by atoms with E-state index in [0.717, 1.165) is 15.9 Å². The second-order valence-corrected chi connectivity index (χ2v) is 7.02. The van der Waals surface area contributed by atoms with Crippen molar-refractivity contribution >= 4 is 65.0 Å². The summed E-state index contributed by atoms with van der Waals surface area (Å²) < 4.78 is 1.62. The number of thiazole rings is 1. The van der Waals surface area contributed by atoms with Crippen LogP contribution in [0.15, 0.2) is 12.3 Å². The molecule has 0 aliphatic carbocycles. The number of hydrogen-bond donors (Lipinski definition) is 0. The lowest BCUT2D eigenvalue weighted by Crippen LogP contribution is -1.85. The van der Waals surface area contributed by atoms with Crippen LogP contribution >= 0.6 is 54.8 Å². The molecule has 2 aromatic rings. The van der Waals surface area contributed by atoms with E-state index in [1.165, 1.54) is 11.3 Å². The maximum atomic E-state index is 5.77. The fourth-order valence-corrected chi connectivity index (χ4v) is 2.42. The summed E-state index contributed by atoms with van der Waals surface area (Å²) in [7, 11) is 0. The molecule has 6 heteroatoms. The Bertz CT molecular complexity index is 443. The molecule has 0 atom stereocenters. The van der Waals surface area contributed by atoms with Crippen molar-refractivity contribution in [2.45, 2.75) is 3.74 Å². The van der Waals surface area contributed by atoms with Crippen molar-refractivity contribution in [3.63, 3.8) is 0 Å². The molecule has 0 aromatic carbocycles. The van der Waals surface area contributed by atoms with Crippen LogP contribution in [-0.4, -0.2) is 9.97 Å². The van der Waals surface area contributed by atoms with Crippen molar-refractivity contribution in [3.05, 3.63) is 22.4 Å². The molecule has 0 amide bonds. The smallest absolute Gasteiger partial charge is 0.184 e. The molecular weight excluding hydrogens is 339 g/mol. The third kappa shape index (κ3) is 2.03. The molecule has 2 nitrogen and oxygen atoms in total. The van der Waals surface area contributed by atoms with E-state index in [9.17, 15) is 0 Å². The lowest BCUT2D eigenvalue weighted by Gasteiger charge is -1.98. The standard InChI is InChI=1S/C7H3Br2ClN2S/c8-6(9)4-1-3-5(2-11-4)13-7(10)12-3/h1-2,6H. The van der Waals surface area contributed by atoms with Gasteiger partial charge in [0.1, 0.15) is 3.74 Å². The molecule has 13 heavy (non-hydrogen) atoms. The number of alkyl halides is 2. The lowest BCUT2D eigenvalue weighted by atomic mass is 10.3. The van der Waals surface area contributed by atoms with Crippen LogP contribution in [0, 0.1) is 0 Å². The first-order valence-corrected chi connectivity index (χ1v) is 6.39. The monoisotopic (exact) mass is 340 g/mol. The molecule has 68 valence electrons. The van der Waals surface area contributed by atoms with Crippen molar-refractivity contribution in [1.29, 1.82) is 0 Å². The molecule has 0 saturated heterocycles. The SMILES string of the molecule is Clc1nc2cc(C(Br)Br)ncc2s1. The number of pyridine rings is 1. The Hall–Kier alpha value is 0.290. The van der Waals surface area contributed by atoms with Crippen LogP contribution in [0.4, 0.5) is 0 Å². The molecule has 0 aliphatic rings. The van der Waals surface area contributed by atoms with Gasteiger partial charge in [0.25, 0.3) is 0 Å². The minimum absolute atomic E-state index is 0.0601. The van der Waals surface area contributed by atoms with Gasteiger partial charge in [0.2, 0.25) is 0 Å². The maximum Gasteiger partial charge on any atom is 0.184 e. The van der Waals surface area contributed by atoms with Crippen molar-refractivity contribution in [3.8, 4) is 0 Å². The second kappa shape index (κ2) is 3.81. The average molecular weight is 342 g/mol. The number of hydrogen-bond acceptors (Lipinski definition) is 3. The zero-order valence-corrected chi connectivity index (χ0v) is 10.9. The number of halogens is 3. The van der Waals surface area contributed by atoms with E-state index in [0.29, 0.717) is 4.47 Å². The summed E-state index contributed by atoms with van der Waals surface area (Å²) in [5.74, 6) is 0. The molecule has 0 saturated carbocycles. The third-order valence-corrected chi connectivity index (χ3v) is 3.54. The molecule has 0 radical (unpaired) electrons. The summed E-state index contributed by atoms with van der Waals surface area (Å²) in [5, 5.41) is 0. The van der Waals surface area contributed by atoms with Gasteiger partial charge in [0.05, 0.1) is 15.9 Å². The highest BCUT2D eigenvalue weighted by Crippen LogP contribution is 2.31. The average Bonchev–Trinajstić information content (AvgIpc) is 2.42. The minimum atomic E-state index is 0.0601. The minimum Gasteiger partial charge on any atom is -0.258 e. The molecule has 2 aromatic heterocycles. The van der Waals surface area contributed by atoms with E-state index in [4.69, 9.17) is 11.6 Å².